The van der Waals surface area contributed by atoms with E-state index in [1.54, 1.807) is 6.08 Å². The van der Waals surface area contributed by atoms with Crippen LogP contribution in [0.15, 0.2) is 42.0 Å². The van der Waals surface area contributed by atoms with Crippen molar-refractivity contribution in [3.05, 3.63) is 47.5 Å². The van der Waals surface area contributed by atoms with Crippen LogP contribution in [0.25, 0.3) is 0 Å². The number of carbonyl (C=O) groups excluding carboxylic acids is 2. The van der Waals surface area contributed by atoms with Crippen molar-refractivity contribution in [1.82, 2.24) is 4.90 Å². The van der Waals surface area contributed by atoms with Crippen molar-refractivity contribution >= 4 is 11.9 Å². The summed E-state index contributed by atoms with van der Waals surface area (Å²) in [6.45, 7) is 3.81. The molecule has 1 heterocycles. The SMILES string of the molecule is COC(=O)/C(=C/C(OC(C)=O)c1ccccc1)CN1CCCC1. The first-order valence-electron chi connectivity index (χ1n) is 7.83. The molecule has 5 nitrogen and oxygen atoms in total. The number of rotatable bonds is 6. The van der Waals surface area contributed by atoms with E-state index in [2.05, 4.69) is 4.90 Å². The van der Waals surface area contributed by atoms with Gasteiger partial charge >= 0.3 is 11.9 Å². The monoisotopic (exact) mass is 317 g/mol. The van der Waals surface area contributed by atoms with Gasteiger partial charge in [0.05, 0.1) is 12.7 Å². The Hall–Kier alpha value is -2.14. The van der Waals surface area contributed by atoms with E-state index in [0.29, 0.717) is 12.1 Å². The highest BCUT2D eigenvalue weighted by atomic mass is 16.5. The van der Waals surface area contributed by atoms with E-state index < -0.39 is 6.10 Å². The van der Waals surface area contributed by atoms with Crippen molar-refractivity contribution in [1.29, 1.82) is 0 Å². The van der Waals surface area contributed by atoms with Gasteiger partial charge in [-0.1, -0.05) is 30.3 Å². The highest BCUT2D eigenvalue weighted by molar-refractivity contribution is 5.89. The summed E-state index contributed by atoms with van der Waals surface area (Å²) < 4.78 is 10.3. The molecule has 0 amide bonds. The first-order chi connectivity index (χ1) is 11.1. The lowest BCUT2D eigenvalue weighted by Gasteiger charge is -2.19. The fourth-order valence-electron chi connectivity index (χ4n) is 2.70. The Morgan fingerprint density at radius 1 is 1.22 bits per heavy atom. The third-order valence-corrected chi connectivity index (χ3v) is 3.81. The highest BCUT2D eigenvalue weighted by Gasteiger charge is 2.21. The number of hydrogen-bond donors (Lipinski definition) is 0. The molecule has 1 saturated heterocycles. The topological polar surface area (TPSA) is 55.8 Å². The van der Waals surface area contributed by atoms with Gasteiger partial charge in [-0.2, -0.15) is 0 Å². The average molecular weight is 317 g/mol. The van der Waals surface area contributed by atoms with Crippen LogP contribution in [0.4, 0.5) is 0 Å². The van der Waals surface area contributed by atoms with Gasteiger partial charge in [-0.25, -0.2) is 4.79 Å². The fourth-order valence-corrected chi connectivity index (χ4v) is 2.70. The van der Waals surface area contributed by atoms with Gasteiger partial charge in [-0.3, -0.25) is 9.69 Å². The summed E-state index contributed by atoms with van der Waals surface area (Å²) in [6, 6.07) is 9.38. The molecule has 1 aromatic carbocycles. The van der Waals surface area contributed by atoms with Crippen molar-refractivity contribution in [3.63, 3.8) is 0 Å². The maximum Gasteiger partial charge on any atom is 0.334 e. The number of benzene rings is 1. The van der Waals surface area contributed by atoms with Crippen LogP contribution in [0.2, 0.25) is 0 Å². The minimum absolute atomic E-state index is 0.384. The second kappa shape index (κ2) is 8.48. The van der Waals surface area contributed by atoms with Crippen LogP contribution in [0, 0.1) is 0 Å². The van der Waals surface area contributed by atoms with Crippen LogP contribution >= 0.6 is 0 Å². The van der Waals surface area contributed by atoms with Gasteiger partial charge in [0.2, 0.25) is 0 Å². The number of esters is 2. The molecule has 1 atom stereocenters. The van der Waals surface area contributed by atoms with Crippen LogP contribution in [0.1, 0.15) is 31.4 Å². The summed E-state index contributed by atoms with van der Waals surface area (Å²) in [4.78, 5) is 25.7. The minimum Gasteiger partial charge on any atom is -0.466 e. The van der Waals surface area contributed by atoms with Crippen molar-refractivity contribution in [3.8, 4) is 0 Å². The molecule has 0 aromatic heterocycles. The Labute approximate surface area is 136 Å². The molecular formula is C18H23NO4. The van der Waals surface area contributed by atoms with Gasteiger partial charge in [0.15, 0.2) is 0 Å². The molecule has 23 heavy (non-hydrogen) atoms. The van der Waals surface area contributed by atoms with Crippen molar-refractivity contribution in [2.24, 2.45) is 0 Å². The van der Waals surface area contributed by atoms with Crippen LogP contribution < -0.4 is 0 Å². The zero-order chi connectivity index (χ0) is 16.7. The average Bonchev–Trinajstić information content (AvgIpc) is 3.06. The number of nitrogens with zero attached hydrogens (tertiary/aromatic N) is 1. The first-order valence-corrected chi connectivity index (χ1v) is 7.83. The lowest BCUT2D eigenvalue weighted by molar-refractivity contribution is -0.145. The second-order valence-corrected chi connectivity index (χ2v) is 5.61. The van der Waals surface area contributed by atoms with Gasteiger partial charge in [0.1, 0.15) is 6.10 Å². The Bertz CT molecular complexity index is 562. The number of ether oxygens (including phenoxy) is 2. The molecule has 0 N–H and O–H groups in total. The maximum absolute atomic E-state index is 12.1. The number of methoxy groups -OCH3 is 1. The molecule has 0 bridgehead atoms. The van der Waals surface area contributed by atoms with Crippen molar-refractivity contribution < 1.29 is 19.1 Å². The Morgan fingerprint density at radius 3 is 2.43 bits per heavy atom. The first kappa shape index (κ1) is 17.2. The van der Waals surface area contributed by atoms with E-state index in [4.69, 9.17) is 9.47 Å². The molecule has 1 fully saturated rings. The predicted octanol–water partition coefficient (Wildman–Crippen LogP) is 2.49. The number of likely N-dealkylation sites (tertiary alicyclic amines) is 1. The van der Waals surface area contributed by atoms with E-state index in [-0.39, 0.29) is 11.9 Å². The summed E-state index contributed by atoms with van der Waals surface area (Å²) in [5, 5.41) is 0. The molecule has 1 aromatic rings. The summed E-state index contributed by atoms with van der Waals surface area (Å²) in [7, 11) is 1.36. The van der Waals surface area contributed by atoms with Crippen LogP contribution in [-0.2, 0) is 19.1 Å². The lowest BCUT2D eigenvalue weighted by Crippen LogP contribution is -2.26. The van der Waals surface area contributed by atoms with Gasteiger partial charge < -0.3 is 9.47 Å². The normalized spacial score (nSPS) is 16.9. The third-order valence-electron chi connectivity index (χ3n) is 3.81. The standard InChI is InChI=1S/C18H23NO4/c1-14(20)23-17(15-8-4-3-5-9-15)12-16(18(21)22-2)13-19-10-6-7-11-19/h3-5,8-9,12,17H,6-7,10-11,13H2,1-2H3/b16-12+. The maximum atomic E-state index is 12.1. The van der Waals surface area contributed by atoms with Crippen molar-refractivity contribution in [2.45, 2.75) is 25.9 Å². The summed E-state index contributed by atoms with van der Waals surface area (Å²) in [6.07, 6.45) is 3.38. The molecule has 0 aliphatic carbocycles. The summed E-state index contributed by atoms with van der Waals surface area (Å²) >= 11 is 0. The summed E-state index contributed by atoms with van der Waals surface area (Å²) in [5.74, 6) is -0.773. The third kappa shape index (κ3) is 5.21. The van der Waals surface area contributed by atoms with Gasteiger partial charge in [0.25, 0.3) is 0 Å². The lowest BCUT2D eigenvalue weighted by atomic mass is 10.1. The Balaban J connectivity index is 2.26. The van der Waals surface area contributed by atoms with E-state index in [0.717, 1.165) is 31.5 Å². The molecule has 0 radical (unpaired) electrons. The zero-order valence-electron chi connectivity index (χ0n) is 13.7. The molecule has 0 spiro atoms. The quantitative estimate of drug-likeness (QED) is 0.596. The zero-order valence-corrected chi connectivity index (χ0v) is 13.7. The molecular weight excluding hydrogens is 294 g/mol. The van der Waals surface area contributed by atoms with E-state index >= 15 is 0 Å². The molecule has 124 valence electrons. The second-order valence-electron chi connectivity index (χ2n) is 5.61. The minimum atomic E-state index is -0.592. The number of hydrogen-bond acceptors (Lipinski definition) is 5. The highest BCUT2D eigenvalue weighted by Crippen LogP contribution is 2.22. The smallest absolute Gasteiger partial charge is 0.334 e. The summed E-state index contributed by atoms with van der Waals surface area (Å²) in [5.41, 5.74) is 1.34. The molecule has 5 heteroatoms. The van der Waals surface area contributed by atoms with Crippen LogP contribution in [0.5, 0.6) is 0 Å². The van der Waals surface area contributed by atoms with E-state index in [9.17, 15) is 9.59 Å². The molecule has 0 saturated carbocycles. The molecule has 1 unspecified atom stereocenters. The van der Waals surface area contributed by atoms with Crippen LogP contribution in [0.3, 0.4) is 0 Å². The molecule has 2 rings (SSSR count). The molecule has 1 aliphatic rings. The Morgan fingerprint density at radius 2 is 1.87 bits per heavy atom. The molecule has 1 aliphatic heterocycles. The van der Waals surface area contributed by atoms with Gasteiger partial charge in [-0.15, -0.1) is 0 Å². The van der Waals surface area contributed by atoms with E-state index in [1.165, 1.54) is 14.0 Å². The largest absolute Gasteiger partial charge is 0.466 e. The fraction of sp³-hybridized carbons (Fsp3) is 0.444. The van der Waals surface area contributed by atoms with Gasteiger partial charge in [0, 0.05) is 13.5 Å². The van der Waals surface area contributed by atoms with Gasteiger partial charge in [-0.05, 0) is 37.6 Å². The number of carbonyl (C=O) groups is 2. The van der Waals surface area contributed by atoms with E-state index in [1.807, 2.05) is 30.3 Å². The Kier molecular flexibility index (Phi) is 6.35. The van der Waals surface area contributed by atoms with Crippen molar-refractivity contribution in [2.75, 3.05) is 26.7 Å². The predicted molar refractivity (Wildman–Crippen MR) is 86.7 cm³/mol. The van der Waals surface area contributed by atoms with Crippen LogP contribution in [-0.4, -0.2) is 43.6 Å².